The van der Waals surface area contributed by atoms with Crippen molar-refractivity contribution in [2.45, 2.75) is 25.7 Å². The highest BCUT2D eigenvalue weighted by atomic mass is 16.2. The number of hydrogen-bond acceptors (Lipinski definition) is 2. The summed E-state index contributed by atoms with van der Waals surface area (Å²) in [6, 6.07) is 5.97. The summed E-state index contributed by atoms with van der Waals surface area (Å²) in [5.74, 6) is 0.362. The molecule has 0 aromatic carbocycles. The summed E-state index contributed by atoms with van der Waals surface area (Å²) >= 11 is 0. The van der Waals surface area contributed by atoms with Gasteiger partial charge >= 0.3 is 0 Å². The largest absolute Gasteiger partial charge is 0.392 e. The summed E-state index contributed by atoms with van der Waals surface area (Å²) in [4.78, 5) is 4.37. The lowest BCUT2D eigenvalue weighted by Crippen LogP contribution is -2.01. The number of aliphatic hydroxyl groups is 1. The number of aliphatic hydroxyl groups excluding tert-OH is 1. The molecule has 0 radical (unpaired) electrons. The fourth-order valence-electron chi connectivity index (χ4n) is 1.76. The SMILES string of the molecule is C=CCC(CC(C)=CCO)c1ccccn1. The van der Waals surface area contributed by atoms with Gasteiger partial charge in [0, 0.05) is 17.8 Å². The average molecular weight is 217 g/mol. The van der Waals surface area contributed by atoms with E-state index in [-0.39, 0.29) is 6.61 Å². The third-order valence-electron chi connectivity index (χ3n) is 2.57. The molecule has 0 aliphatic rings. The van der Waals surface area contributed by atoms with Gasteiger partial charge < -0.3 is 5.11 Å². The van der Waals surface area contributed by atoms with Crippen LogP contribution < -0.4 is 0 Å². The molecule has 0 amide bonds. The molecule has 0 fully saturated rings. The number of hydrogen-bond donors (Lipinski definition) is 1. The second-order valence-corrected chi connectivity index (χ2v) is 3.91. The number of allylic oxidation sites excluding steroid dienone is 2. The van der Waals surface area contributed by atoms with Crippen LogP contribution in [0.5, 0.6) is 0 Å². The van der Waals surface area contributed by atoms with Gasteiger partial charge in [-0.15, -0.1) is 6.58 Å². The Morgan fingerprint density at radius 2 is 2.38 bits per heavy atom. The van der Waals surface area contributed by atoms with E-state index in [0.29, 0.717) is 5.92 Å². The number of pyridine rings is 1. The minimum Gasteiger partial charge on any atom is -0.392 e. The van der Waals surface area contributed by atoms with Crippen molar-refractivity contribution in [1.82, 2.24) is 4.98 Å². The highest BCUT2D eigenvalue weighted by Crippen LogP contribution is 2.25. The maximum Gasteiger partial charge on any atom is 0.0614 e. The van der Waals surface area contributed by atoms with Crippen LogP contribution in [-0.2, 0) is 0 Å². The van der Waals surface area contributed by atoms with E-state index in [1.54, 1.807) is 0 Å². The molecule has 1 aromatic heterocycles. The van der Waals surface area contributed by atoms with E-state index in [1.807, 2.05) is 43.5 Å². The summed E-state index contributed by atoms with van der Waals surface area (Å²) in [5, 5.41) is 8.84. The molecule has 1 heterocycles. The van der Waals surface area contributed by atoms with E-state index in [2.05, 4.69) is 11.6 Å². The molecule has 0 aliphatic heterocycles. The Morgan fingerprint density at radius 3 is 2.94 bits per heavy atom. The van der Waals surface area contributed by atoms with Crippen LogP contribution in [0.1, 0.15) is 31.4 Å². The first-order chi connectivity index (χ1) is 7.77. The molecule has 0 aliphatic carbocycles. The molecule has 2 nitrogen and oxygen atoms in total. The zero-order valence-corrected chi connectivity index (χ0v) is 9.76. The Kier molecular flexibility index (Phi) is 5.51. The minimum atomic E-state index is 0.106. The topological polar surface area (TPSA) is 33.1 Å². The molecular weight excluding hydrogens is 198 g/mol. The third kappa shape index (κ3) is 3.99. The third-order valence-corrected chi connectivity index (χ3v) is 2.57. The van der Waals surface area contributed by atoms with Crippen LogP contribution in [0.25, 0.3) is 0 Å². The van der Waals surface area contributed by atoms with Gasteiger partial charge in [0.2, 0.25) is 0 Å². The maximum atomic E-state index is 8.84. The van der Waals surface area contributed by atoms with Gasteiger partial charge in [-0.3, -0.25) is 4.98 Å². The quantitative estimate of drug-likeness (QED) is 0.743. The smallest absolute Gasteiger partial charge is 0.0614 e. The predicted octanol–water partition coefficient (Wildman–Crippen LogP) is 3.07. The Labute approximate surface area is 97.4 Å². The number of nitrogens with zero attached hydrogens (tertiary/aromatic N) is 1. The zero-order valence-electron chi connectivity index (χ0n) is 9.76. The first kappa shape index (κ1) is 12.7. The van der Waals surface area contributed by atoms with Crippen LogP contribution in [0.15, 0.2) is 48.7 Å². The molecule has 2 heteroatoms. The molecule has 0 spiro atoms. The predicted molar refractivity (Wildman–Crippen MR) is 67.3 cm³/mol. The lowest BCUT2D eigenvalue weighted by atomic mass is 9.93. The lowest BCUT2D eigenvalue weighted by molar-refractivity contribution is 0.341. The van der Waals surface area contributed by atoms with Crippen LogP contribution >= 0.6 is 0 Å². The molecule has 1 atom stereocenters. The van der Waals surface area contributed by atoms with Crippen molar-refractivity contribution < 1.29 is 5.11 Å². The maximum absolute atomic E-state index is 8.84. The van der Waals surface area contributed by atoms with Gasteiger partial charge in [0.05, 0.1) is 6.61 Å². The number of aromatic nitrogens is 1. The summed E-state index contributed by atoms with van der Waals surface area (Å²) in [6.45, 7) is 5.93. The first-order valence-corrected chi connectivity index (χ1v) is 5.56. The van der Waals surface area contributed by atoms with Crippen molar-refractivity contribution in [3.63, 3.8) is 0 Å². The van der Waals surface area contributed by atoms with Crippen molar-refractivity contribution in [2.24, 2.45) is 0 Å². The average Bonchev–Trinajstić information content (AvgIpc) is 2.30. The fraction of sp³-hybridized carbons (Fsp3) is 0.357. The van der Waals surface area contributed by atoms with Crippen molar-refractivity contribution in [2.75, 3.05) is 6.61 Å². The van der Waals surface area contributed by atoms with E-state index in [0.717, 1.165) is 18.5 Å². The zero-order chi connectivity index (χ0) is 11.8. The number of rotatable bonds is 6. The van der Waals surface area contributed by atoms with Crippen molar-refractivity contribution >= 4 is 0 Å². The molecule has 86 valence electrons. The van der Waals surface area contributed by atoms with E-state index >= 15 is 0 Å². The summed E-state index contributed by atoms with van der Waals surface area (Å²) in [7, 11) is 0. The second kappa shape index (κ2) is 6.96. The Bertz CT molecular complexity index is 343. The van der Waals surface area contributed by atoms with Gasteiger partial charge in [-0.25, -0.2) is 0 Å². The van der Waals surface area contributed by atoms with Crippen LogP contribution in [-0.4, -0.2) is 16.7 Å². The molecule has 1 rings (SSSR count). The minimum absolute atomic E-state index is 0.106. The molecule has 1 aromatic rings. The molecule has 1 unspecified atom stereocenters. The standard InChI is InChI=1S/C14H19NO/c1-3-6-13(11-12(2)8-10-16)14-7-4-5-9-15-14/h3-5,7-9,13,16H,1,6,10-11H2,2H3. The molecule has 16 heavy (non-hydrogen) atoms. The second-order valence-electron chi connectivity index (χ2n) is 3.91. The van der Waals surface area contributed by atoms with Gasteiger partial charge in [-0.05, 0) is 31.9 Å². The van der Waals surface area contributed by atoms with E-state index in [9.17, 15) is 0 Å². The lowest BCUT2D eigenvalue weighted by Gasteiger charge is -2.14. The monoisotopic (exact) mass is 217 g/mol. The summed E-state index contributed by atoms with van der Waals surface area (Å²) in [6.07, 6.45) is 7.42. The molecule has 1 N–H and O–H groups in total. The van der Waals surface area contributed by atoms with E-state index in [4.69, 9.17) is 5.11 Å². The van der Waals surface area contributed by atoms with Crippen LogP contribution in [0.3, 0.4) is 0 Å². The van der Waals surface area contributed by atoms with Crippen LogP contribution in [0.2, 0.25) is 0 Å². The van der Waals surface area contributed by atoms with E-state index in [1.165, 1.54) is 5.57 Å². The normalized spacial score (nSPS) is 13.5. The highest BCUT2D eigenvalue weighted by Gasteiger charge is 2.11. The summed E-state index contributed by atoms with van der Waals surface area (Å²) < 4.78 is 0. The van der Waals surface area contributed by atoms with Crippen molar-refractivity contribution in [3.05, 3.63) is 54.4 Å². The highest BCUT2D eigenvalue weighted by molar-refractivity contribution is 5.14. The van der Waals surface area contributed by atoms with Gasteiger partial charge in [-0.2, -0.15) is 0 Å². The molecular formula is C14H19NO. The van der Waals surface area contributed by atoms with Gasteiger partial charge in [0.15, 0.2) is 0 Å². The summed E-state index contributed by atoms with van der Waals surface area (Å²) in [5.41, 5.74) is 2.29. The Hall–Kier alpha value is -1.41. The Balaban J connectivity index is 2.75. The first-order valence-electron chi connectivity index (χ1n) is 5.56. The van der Waals surface area contributed by atoms with Crippen LogP contribution in [0.4, 0.5) is 0 Å². The molecule has 0 saturated carbocycles. The van der Waals surface area contributed by atoms with Gasteiger partial charge in [0.25, 0.3) is 0 Å². The van der Waals surface area contributed by atoms with Crippen molar-refractivity contribution in [3.8, 4) is 0 Å². The molecule has 0 saturated heterocycles. The fourth-order valence-corrected chi connectivity index (χ4v) is 1.76. The van der Waals surface area contributed by atoms with E-state index < -0.39 is 0 Å². The Morgan fingerprint density at radius 1 is 1.56 bits per heavy atom. The van der Waals surface area contributed by atoms with Crippen LogP contribution in [0, 0.1) is 0 Å². The molecule has 0 bridgehead atoms. The van der Waals surface area contributed by atoms with Gasteiger partial charge in [0.1, 0.15) is 0 Å². The van der Waals surface area contributed by atoms with Gasteiger partial charge in [-0.1, -0.05) is 23.8 Å². The van der Waals surface area contributed by atoms with Crippen molar-refractivity contribution in [1.29, 1.82) is 0 Å².